The number of methoxy groups -OCH3 is 1. The Labute approximate surface area is 221 Å². The molecule has 1 N–H and O–H groups in total. The zero-order chi connectivity index (χ0) is 26.4. The topological polar surface area (TPSA) is 96.8 Å². The Hall–Kier alpha value is -4.01. The van der Waals surface area contributed by atoms with Gasteiger partial charge in [-0.15, -0.1) is 0 Å². The summed E-state index contributed by atoms with van der Waals surface area (Å²) in [6, 6.07) is 15.7. The maximum Gasteiger partial charge on any atom is 0.337 e. The highest BCUT2D eigenvalue weighted by Crippen LogP contribution is 2.44. The maximum atomic E-state index is 13.4. The molecule has 1 atom stereocenters. The number of fused-ring (bicyclic) bond motifs is 1. The molecule has 37 heavy (non-hydrogen) atoms. The standard InChI is InChI=1S/C28H21ClN2O5S/c1-14-12-15(2)22-20(13-14)37-28(30-22)31-23(16-4-6-18(7-5-16)27(35)36-3)21(25(33)26(31)34)24(32)17-8-10-19(29)11-9-17/h4-13,23,32H,1-3H3/b24-21+. The van der Waals surface area contributed by atoms with Crippen molar-refractivity contribution in [3.05, 3.63) is 99.1 Å². The third-order valence-electron chi connectivity index (χ3n) is 6.23. The summed E-state index contributed by atoms with van der Waals surface area (Å²) in [7, 11) is 1.29. The minimum absolute atomic E-state index is 0.0784. The number of aromatic nitrogens is 1. The van der Waals surface area contributed by atoms with Crippen molar-refractivity contribution in [3.63, 3.8) is 0 Å². The average Bonchev–Trinajstić information content (AvgIpc) is 3.42. The number of aliphatic hydroxyl groups is 1. The van der Waals surface area contributed by atoms with Crippen LogP contribution in [0.15, 0.2) is 66.2 Å². The highest BCUT2D eigenvalue weighted by molar-refractivity contribution is 7.22. The highest BCUT2D eigenvalue weighted by Gasteiger charge is 2.48. The lowest BCUT2D eigenvalue weighted by molar-refractivity contribution is -0.132. The molecular formula is C28H21ClN2O5S. The number of ketones is 1. The van der Waals surface area contributed by atoms with E-state index in [2.05, 4.69) is 0 Å². The van der Waals surface area contributed by atoms with Gasteiger partial charge in [0, 0.05) is 10.6 Å². The van der Waals surface area contributed by atoms with Gasteiger partial charge in [0.05, 0.1) is 34.5 Å². The number of aliphatic hydroxyl groups excluding tert-OH is 1. The zero-order valence-corrected chi connectivity index (χ0v) is 21.7. The van der Waals surface area contributed by atoms with Crippen LogP contribution < -0.4 is 4.90 Å². The van der Waals surface area contributed by atoms with E-state index in [9.17, 15) is 19.5 Å². The Morgan fingerprint density at radius 1 is 1.03 bits per heavy atom. The van der Waals surface area contributed by atoms with Gasteiger partial charge in [-0.25, -0.2) is 9.78 Å². The van der Waals surface area contributed by atoms with E-state index in [0.717, 1.165) is 21.3 Å². The normalized spacial score (nSPS) is 17.0. The molecule has 1 fully saturated rings. The van der Waals surface area contributed by atoms with Crippen LogP contribution in [0.4, 0.5) is 5.13 Å². The van der Waals surface area contributed by atoms with Gasteiger partial charge in [-0.05, 0) is 73.0 Å². The second-order valence-electron chi connectivity index (χ2n) is 8.71. The van der Waals surface area contributed by atoms with Crippen LogP contribution in [0, 0.1) is 13.8 Å². The number of hydrogen-bond acceptors (Lipinski definition) is 7. The zero-order valence-electron chi connectivity index (χ0n) is 20.1. The minimum atomic E-state index is -0.968. The molecule has 0 radical (unpaired) electrons. The van der Waals surface area contributed by atoms with Crippen LogP contribution in [-0.2, 0) is 14.3 Å². The Balaban J connectivity index is 1.72. The molecule has 0 saturated carbocycles. The van der Waals surface area contributed by atoms with Crippen LogP contribution in [0.25, 0.3) is 16.0 Å². The van der Waals surface area contributed by atoms with Crippen molar-refractivity contribution in [2.45, 2.75) is 19.9 Å². The lowest BCUT2D eigenvalue weighted by Gasteiger charge is -2.23. The van der Waals surface area contributed by atoms with Crippen molar-refractivity contribution >= 4 is 61.7 Å². The molecule has 0 spiro atoms. The van der Waals surface area contributed by atoms with Crippen LogP contribution in [0.2, 0.25) is 5.02 Å². The largest absolute Gasteiger partial charge is 0.507 e. The number of anilines is 1. The number of carbonyl (C=O) groups is 3. The first-order valence-electron chi connectivity index (χ1n) is 11.3. The minimum Gasteiger partial charge on any atom is -0.507 e. The van der Waals surface area contributed by atoms with Crippen LogP contribution >= 0.6 is 22.9 Å². The Morgan fingerprint density at radius 3 is 2.32 bits per heavy atom. The lowest BCUT2D eigenvalue weighted by Crippen LogP contribution is -2.29. The lowest BCUT2D eigenvalue weighted by atomic mass is 9.95. The van der Waals surface area contributed by atoms with Gasteiger partial charge in [-0.3, -0.25) is 14.5 Å². The van der Waals surface area contributed by atoms with Gasteiger partial charge < -0.3 is 9.84 Å². The number of carbonyl (C=O) groups excluding carboxylic acids is 3. The highest BCUT2D eigenvalue weighted by atomic mass is 35.5. The Morgan fingerprint density at radius 2 is 1.68 bits per heavy atom. The van der Waals surface area contributed by atoms with E-state index in [0.29, 0.717) is 26.8 Å². The number of esters is 1. The predicted molar refractivity (Wildman–Crippen MR) is 143 cm³/mol. The molecule has 7 nitrogen and oxygen atoms in total. The van der Waals surface area contributed by atoms with Crippen molar-refractivity contribution in [3.8, 4) is 0 Å². The van der Waals surface area contributed by atoms with E-state index in [1.165, 1.54) is 23.3 Å². The number of amides is 1. The molecule has 4 aromatic rings. The van der Waals surface area contributed by atoms with Gasteiger partial charge >= 0.3 is 11.9 Å². The Kier molecular flexibility index (Phi) is 6.31. The average molecular weight is 533 g/mol. The van der Waals surface area contributed by atoms with E-state index in [4.69, 9.17) is 21.3 Å². The number of benzene rings is 3. The molecule has 2 heterocycles. The van der Waals surface area contributed by atoms with Crippen LogP contribution in [0.5, 0.6) is 0 Å². The van der Waals surface area contributed by atoms with Gasteiger partial charge in [-0.1, -0.05) is 41.1 Å². The van der Waals surface area contributed by atoms with Gasteiger partial charge in [0.2, 0.25) is 0 Å². The summed E-state index contributed by atoms with van der Waals surface area (Å²) in [6.07, 6.45) is 0. The van der Waals surface area contributed by atoms with Gasteiger partial charge in [0.25, 0.3) is 5.78 Å². The molecule has 1 amide bonds. The fourth-order valence-corrected chi connectivity index (χ4v) is 5.78. The summed E-state index contributed by atoms with van der Waals surface area (Å²) >= 11 is 7.30. The molecule has 1 aromatic heterocycles. The van der Waals surface area contributed by atoms with Gasteiger partial charge in [-0.2, -0.15) is 0 Å². The fourth-order valence-electron chi connectivity index (χ4n) is 4.49. The number of Topliss-reactive ketones (excluding diaryl/α,β-unsaturated/α-hetero) is 1. The molecular weight excluding hydrogens is 512 g/mol. The fraction of sp³-hybridized carbons (Fsp3) is 0.143. The first kappa shape index (κ1) is 24.7. The number of rotatable bonds is 4. The molecule has 1 aliphatic rings. The molecule has 1 saturated heterocycles. The second-order valence-corrected chi connectivity index (χ2v) is 10.2. The van der Waals surface area contributed by atoms with Gasteiger partial charge in [0.15, 0.2) is 5.13 Å². The number of thiazole rings is 1. The quantitative estimate of drug-likeness (QED) is 0.150. The maximum absolute atomic E-state index is 13.4. The molecule has 0 bridgehead atoms. The number of hydrogen-bond donors (Lipinski definition) is 1. The molecule has 0 aliphatic carbocycles. The summed E-state index contributed by atoms with van der Waals surface area (Å²) in [4.78, 5) is 44.8. The predicted octanol–water partition coefficient (Wildman–Crippen LogP) is 5.98. The Bertz CT molecular complexity index is 1610. The van der Waals surface area contributed by atoms with Crippen molar-refractivity contribution < 1.29 is 24.2 Å². The van der Waals surface area contributed by atoms with Crippen molar-refractivity contribution in [1.82, 2.24) is 4.98 Å². The molecule has 186 valence electrons. The summed E-state index contributed by atoms with van der Waals surface area (Å²) in [6.45, 7) is 3.92. The molecule has 1 aliphatic heterocycles. The number of ether oxygens (including phenoxy) is 1. The monoisotopic (exact) mass is 532 g/mol. The van der Waals surface area contributed by atoms with Crippen molar-refractivity contribution in [2.75, 3.05) is 12.0 Å². The SMILES string of the molecule is COC(=O)c1ccc(C2/C(=C(\O)c3ccc(Cl)cc3)C(=O)C(=O)N2c2nc3c(C)cc(C)cc3s2)cc1. The summed E-state index contributed by atoms with van der Waals surface area (Å²) in [5.41, 5.74) is 3.85. The summed E-state index contributed by atoms with van der Waals surface area (Å²) in [5.74, 6) is -2.47. The van der Waals surface area contributed by atoms with Crippen LogP contribution in [-0.4, -0.2) is 34.9 Å². The molecule has 5 rings (SSSR count). The van der Waals surface area contributed by atoms with Crippen molar-refractivity contribution in [1.29, 1.82) is 0 Å². The van der Waals surface area contributed by atoms with Crippen LogP contribution in [0.1, 0.15) is 38.7 Å². The third-order valence-corrected chi connectivity index (χ3v) is 7.49. The first-order valence-corrected chi connectivity index (χ1v) is 12.5. The molecule has 1 unspecified atom stereocenters. The molecule has 3 aromatic carbocycles. The smallest absolute Gasteiger partial charge is 0.337 e. The number of aryl methyl sites for hydroxylation is 2. The van der Waals surface area contributed by atoms with E-state index >= 15 is 0 Å². The molecule has 9 heteroatoms. The number of nitrogens with zero attached hydrogens (tertiary/aromatic N) is 2. The van der Waals surface area contributed by atoms with Crippen molar-refractivity contribution in [2.24, 2.45) is 0 Å². The summed E-state index contributed by atoms with van der Waals surface area (Å²) in [5, 5.41) is 12.0. The van der Waals surface area contributed by atoms with Gasteiger partial charge in [0.1, 0.15) is 5.76 Å². The van der Waals surface area contributed by atoms with E-state index in [1.807, 2.05) is 26.0 Å². The van der Waals surface area contributed by atoms with Crippen LogP contribution in [0.3, 0.4) is 0 Å². The second kappa shape index (κ2) is 9.46. The van der Waals surface area contributed by atoms with E-state index < -0.39 is 23.7 Å². The van der Waals surface area contributed by atoms with E-state index in [-0.39, 0.29) is 11.3 Å². The first-order chi connectivity index (χ1) is 17.7. The summed E-state index contributed by atoms with van der Waals surface area (Å²) < 4.78 is 5.66. The third kappa shape index (κ3) is 4.28. The van der Waals surface area contributed by atoms with E-state index in [1.54, 1.807) is 48.5 Å². The number of halogens is 1.